The van der Waals surface area contributed by atoms with Crippen LogP contribution in [0.5, 0.6) is 0 Å². The summed E-state index contributed by atoms with van der Waals surface area (Å²) >= 11 is 5.83. The van der Waals surface area contributed by atoms with Crippen molar-refractivity contribution >= 4 is 23.4 Å². The highest BCUT2D eigenvalue weighted by molar-refractivity contribution is 6.35. The third-order valence-electron chi connectivity index (χ3n) is 5.08. The molecule has 1 atom stereocenters. The van der Waals surface area contributed by atoms with E-state index in [4.69, 9.17) is 16.3 Å². The SMILES string of the molecule is O=C(NCCCCN1CCOC(c2ccccc2)C1)C(=O)NCc1ccc(Cl)cc1. The van der Waals surface area contributed by atoms with Gasteiger partial charge < -0.3 is 15.4 Å². The Morgan fingerprint density at radius 2 is 1.73 bits per heavy atom. The van der Waals surface area contributed by atoms with E-state index >= 15 is 0 Å². The third-order valence-corrected chi connectivity index (χ3v) is 5.33. The van der Waals surface area contributed by atoms with E-state index in [0.717, 1.165) is 44.6 Å². The van der Waals surface area contributed by atoms with Gasteiger partial charge in [-0.25, -0.2) is 0 Å². The van der Waals surface area contributed by atoms with Crippen LogP contribution in [0.2, 0.25) is 5.02 Å². The Bertz CT molecular complexity index is 814. The maximum absolute atomic E-state index is 11.9. The molecule has 0 saturated carbocycles. The molecule has 1 aliphatic rings. The molecular formula is C23H28ClN3O3. The van der Waals surface area contributed by atoms with Gasteiger partial charge >= 0.3 is 11.8 Å². The number of unbranched alkanes of at least 4 members (excludes halogenated alkanes) is 1. The fourth-order valence-corrected chi connectivity index (χ4v) is 3.51. The molecule has 1 aliphatic heterocycles. The molecule has 0 aromatic heterocycles. The van der Waals surface area contributed by atoms with Crippen molar-refractivity contribution in [1.29, 1.82) is 0 Å². The molecule has 0 radical (unpaired) electrons. The van der Waals surface area contributed by atoms with Gasteiger partial charge in [-0.1, -0.05) is 54.1 Å². The van der Waals surface area contributed by atoms with Crippen molar-refractivity contribution in [3.63, 3.8) is 0 Å². The van der Waals surface area contributed by atoms with Gasteiger partial charge in [0.05, 0.1) is 12.7 Å². The summed E-state index contributed by atoms with van der Waals surface area (Å²) in [6.45, 7) is 4.25. The average molecular weight is 430 g/mol. The molecule has 0 bridgehead atoms. The molecule has 1 unspecified atom stereocenters. The molecule has 2 aromatic rings. The summed E-state index contributed by atoms with van der Waals surface area (Å²) < 4.78 is 5.89. The molecule has 2 N–H and O–H groups in total. The van der Waals surface area contributed by atoms with Gasteiger partial charge in [-0.2, -0.15) is 0 Å². The van der Waals surface area contributed by atoms with Gasteiger partial charge in [0.2, 0.25) is 0 Å². The number of amides is 2. The first-order valence-electron chi connectivity index (χ1n) is 10.3. The number of hydrogen-bond acceptors (Lipinski definition) is 4. The number of morpholine rings is 1. The Hall–Kier alpha value is -2.41. The minimum atomic E-state index is -0.621. The first-order chi connectivity index (χ1) is 14.6. The van der Waals surface area contributed by atoms with Gasteiger partial charge in [-0.3, -0.25) is 14.5 Å². The summed E-state index contributed by atoms with van der Waals surface area (Å²) in [4.78, 5) is 26.2. The highest BCUT2D eigenvalue weighted by atomic mass is 35.5. The van der Waals surface area contributed by atoms with E-state index in [-0.39, 0.29) is 6.10 Å². The minimum absolute atomic E-state index is 0.115. The third kappa shape index (κ3) is 7.13. The number of ether oxygens (including phenoxy) is 1. The fraction of sp³-hybridized carbons (Fsp3) is 0.391. The first kappa shape index (κ1) is 22.3. The Morgan fingerprint density at radius 1 is 1.00 bits per heavy atom. The number of nitrogens with one attached hydrogen (secondary N) is 2. The molecule has 30 heavy (non-hydrogen) atoms. The molecule has 6 nitrogen and oxygen atoms in total. The van der Waals surface area contributed by atoms with Crippen molar-refractivity contribution in [2.24, 2.45) is 0 Å². The lowest BCUT2D eigenvalue weighted by Crippen LogP contribution is -2.40. The van der Waals surface area contributed by atoms with Crippen molar-refractivity contribution in [3.8, 4) is 0 Å². The van der Waals surface area contributed by atoms with E-state index in [1.807, 2.05) is 30.3 Å². The molecule has 7 heteroatoms. The summed E-state index contributed by atoms with van der Waals surface area (Å²) in [5.41, 5.74) is 2.10. The number of hydrogen-bond donors (Lipinski definition) is 2. The van der Waals surface area contributed by atoms with Gasteiger partial charge in [0.25, 0.3) is 0 Å². The topological polar surface area (TPSA) is 70.7 Å². The van der Waals surface area contributed by atoms with Crippen LogP contribution in [0.25, 0.3) is 0 Å². The fourth-order valence-electron chi connectivity index (χ4n) is 3.38. The van der Waals surface area contributed by atoms with Crippen LogP contribution in [0.3, 0.4) is 0 Å². The molecule has 3 rings (SSSR count). The molecule has 2 amide bonds. The molecule has 2 aromatic carbocycles. The van der Waals surface area contributed by atoms with E-state index in [1.54, 1.807) is 12.1 Å². The van der Waals surface area contributed by atoms with Crippen molar-refractivity contribution in [2.75, 3.05) is 32.8 Å². The van der Waals surface area contributed by atoms with Crippen LogP contribution in [-0.4, -0.2) is 49.5 Å². The van der Waals surface area contributed by atoms with Crippen LogP contribution < -0.4 is 10.6 Å². The van der Waals surface area contributed by atoms with Crippen LogP contribution in [0.15, 0.2) is 54.6 Å². The lowest BCUT2D eigenvalue weighted by Gasteiger charge is -2.33. The molecule has 160 valence electrons. The number of benzene rings is 2. The second-order valence-corrected chi connectivity index (χ2v) is 7.78. The van der Waals surface area contributed by atoms with E-state index < -0.39 is 11.8 Å². The number of halogens is 1. The zero-order valence-electron chi connectivity index (χ0n) is 17.0. The number of carbonyl (C=O) groups excluding carboxylic acids is 2. The van der Waals surface area contributed by atoms with Crippen LogP contribution >= 0.6 is 11.6 Å². The predicted octanol–water partition coefficient (Wildman–Crippen LogP) is 2.93. The van der Waals surface area contributed by atoms with E-state index in [2.05, 4.69) is 27.7 Å². The maximum atomic E-state index is 11.9. The summed E-state index contributed by atoms with van der Waals surface area (Å²) in [5, 5.41) is 5.93. The summed E-state index contributed by atoms with van der Waals surface area (Å²) in [6.07, 6.45) is 1.89. The van der Waals surface area contributed by atoms with Crippen molar-refractivity contribution in [3.05, 3.63) is 70.7 Å². The molecular weight excluding hydrogens is 402 g/mol. The summed E-state index contributed by atoms with van der Waals surface area (Å²) in [7, 11) is 0. The number of nitrogens with zero attached hydrogens (tertiary/aromatic N) is 1. The van der Waals surface area contributed by atoms with Crippen LogP contribution in [0.4, 0.5) is 0 Å². The van der Waals surface area contributed by atoms with Crippen molar-refractivity contribution < 1.29 is 14.3 Å². The number of rotatable bonds is 8. The molecule has 1 heterocycles. The van der Waals surface area contributed by atoms with Gasteiger partial charge in [0.1, 0.15) is 0 Å². The highest BCUT2D eigenvalue weighted by Gasteiger charge is 2.21. The molecule has 0 aliphatic carbocycles. The Kier molecular flexibility index (Phi) is 8.68. The summed E-state index contributed by atoms with van der Waals surface area (Å²) in [5.74, 6) is -1.22. The van der Waals surface area contributed by atoms with Crippen LogP contribution in [-0.2, 0) is 20.9 Å². The van der Waals surface area contributed by atoms with E-state index in [0.29, 0.717) is 18.1 Å². The Balaban J connectivity index is 1.28. The van der Waals surface area contributed by atoms with Gasteiger partial charge in [-0.15, -0.1) is 0 Å². The quantitative estimate of drug-likeness (QED) is 0.500. The second kappa shape index (κ2) is 11.7. The number of carbonyl (C=O) groups is 2. The minimum Gasteiger partial charge on any atom is -0.371 e. The first-order valence-corrected chi connectivity index (χ1v) is 10.7. The Morgan fingerprint density at radius 3 is 2.50 bits per heavy atom. The van der Waals surface area contributed by atoms with Crippen LogP contribution in [0, 0.1) is 0 Å². The zero-order chi connectivity index (χ0) is 21.2. The monoisotopic (exact) mass is 429 g/mol. The zero-order valence-corrected chi connectivity index (χ0v) is 17.7. The van der Waals surface area contributed by atoms with Gasteiger partial charge in [-0.05, 0) is 42.6 Å². The van der Waals surface area contributed by atoms with E-state index in [9.17, 15) is 9.59 Å². The van der Waals surface area contributed by atoms with Crippen LogP contribution in [0.1, 0.15) is 30.1 Å². The van der Waals surface area contributed by atoms with E-state index in [1.165, 1.54) is 5.56 Å². The van der Waals surface area contributed by atoms with Crippen molar-refractivity contribution in [2.45, 2.75) is 25.5 Å². The standard InChI is InChI=1S/C23H28ClN3O3/c24-20-10-8-18(9-11-20)16-26-23(29)22(28)25-12-4-5-13-27-14-15-30-21(17-27)19-6-2-1-3-7-19/h1-3,6-11,21H,4-5,12-17H2,(H,25,28)(H,26,29). The normalized spacial score (nSPS) is 16.8. The summed E-state index contributed by atoms with van der Waals surface area (Å²) in [6, 6.07) is 17.4. The molecule has 0 spiro atoms. The average Bonchev–Trinajstić information content (AvgIpc) is 2.79. The predicted molar refractivity (Wildman–Crippen MR) is 117 cm³/mol. The van der Waals surface area contributed by atoms with Gasteiger partial charge in [0.15, 0.2) is 0 Å². The lowest BCUT2D eigenvalue weighted by atomic mass is 10.1. The lowest BCUT2D eigenvalue weighted by molar-refractivity contribution is -0.139. The maximum Gasteiger partial charge on any atom is 0.309 e. The molecule has 1 fully saturated rings. The Labute approximate surface area is 182 Å². The second-order valence-electron chi connectivity index (χ2n) is 7.34. The van der Waals surface area contributed by atoms with Gasteiger partial charge in [0, 0.05) is 31.2 Å². The smallest absolute Gasteiger partial charge is 0.309 e. The largest absolute Gasteiger partial charge is 0.371 e. The molecule has 1 saturated heterocycles. The highest BCUT2D eigenvalue weighted by Crippen LogP contribution is 2.21. The van der Waals surface area contributed by atoms with Crippen molar-refractivity contribution in [1.82, 2.24) is 15.5 Å².